The van der Waals surface area contributed by atoms with E-state index in [1.807, 2.05) is 0 Å². The van der Waals surface area contributed by atoms with Crippen LogP contribution < -0.4 is 5.32 Å². The van der Waals surface area contributed by atoms with E-state index in [-0.39, 0.29) is 22.8 Å². The second-order valence-electron chi connectivity index (χ2n) is 6.12. The van der Waals surface area contributed by atoms with Crippen LogP contribution in [0.2, 0.25) is 0 Å². The van der Waals surface area contributed by atoms with E-state index in [2.05, 4.69) is 57.3 Å². The van der Waals surface area contributed by atoms with Gasteiger partial charge in [-0.25, -0.2) is 0 Å². The molecule has 1 aliphatic rings. The second-order valence-corrected chi connectivity index (χ2v) is 6.12. The summed E-state index contributed by atoms with van der Waals surface area (Å²) >= 11 is 0. The Kier molecular flexibility index (Phi) is 2.57. The highest BCUT2D eigenvalue weighted by Crippen LogP contribution is 2.49. The molecule has 1 aromatic rings. The smallest absolute Gasteiger partial charge is 0.217 e. The SMILES string of the molecule is CC(=O)NC1C(C)(C)c2ccccc2C1(C)C. The molecule has 0 atom stereocenters. The number of carbonyl (C=O) groups excluding carboxylic acids is 1. The van der Waals surface area contributed by atoms with Crippen LogP contribution in [-0.4, -0.2) is 11.9 Å². The Morgan fingerprint density at radius 1 is 1.06 bits per heavy atom. The van der Waals surface area contributed by atoms with Crippen LogP contribution in [0.25, 0.3) is 0 Å². The molecule has 1 amide bonds. The molecule has 2 heteroatoms. The van der Waals surface area contributed by atoms with Gasteiger partial charge in [-0.05, 0) is 11.1 Å². The van der Waals surface area contributed by atoms with E-state index >= 15 is 0 Å². The topological polar surface area (TPSA) is 29.1 Å². The van der Waals surface area contributed by atoms with Gasteiger partial charge in [0.25, 0.3) is 0 Å². The molecule has 1 aromatic carbocycles. The van der Waals surface area contributed by atoms with Crippen molar-refractivity contribution in [3.05, 3.63) is 35.4 Å². The minimum atomic E-state index is -0.0221. The van der Waals surface area contributed by atoms with Gasteiger partial charge in [0.2, 0.25) is 5.91 Å². The van der Waals surface area contributed by atoms with Gasteiger partial charge >= 0.3 is 0 Å². The minimum Gasteiger partial charge on any atom is -0.352 e. The van der Waals surface area contributed by atoms with Crippen molar-refractivity contribution in [3.8, 4) is 0 Å². The molecule has 1 aliphatic carbocycles. The predicted octanol–water partition coefficient (Wildman–Crippen LogP) is 2.76. The average molecular weight is 231 g/mol. The first kappa shape index (κ1) is 12.2. The van der Waals surface area contributed by atoms with Gasteiger partial charge in [0.15, 0.2) is 0 Å². The van der Waals surface area contributed by atoms with Gasteiger partial charge in [-0.15, -0.1) is 0 Å². The Labute approximate surface area is 103 Å². The van der Waals surface area contributed by atoms with Crippen LogP contribution in [0.4, 0.5) is 0 Å². The molecule has 2 nitrogen and oxygen atoms in total. The summed E-state index contributed by atoms with van der Waals surface area (Å²) in [6, 6.07) is 8.65. The number of benzene rings is 1. The third-order valence-electron chi connectivity index (χ3n) is 4.11. The Morgan fingerprint density at radius 2 is 1.47 bits per heavy atom. The van der Waals surface area contributed by atoms with Gasteiger partial charge in [-0.1, -0.05) is 52.0 Å². The van der Waals surface area contributed by atoms with E-state index in [0.29, 0.717) is 0 Å². The number of amides is 1. The lowest BCUT2D eigenvalue weighted by Gasteiger charge is -2.36. The Bertz CT molecular complexity index is 425. The highest BCUT2D eigenvalue weighted by Gasteiger charge is 2.51. The molecule has 0 saturated heterocycles. The van der Waals surface area contributed by atoms with Crippen LogP contribution in [0, 0.1) is 0 Å². The summed E-state index contributed by atoms with van der Waals surface area (Å²) in [4.78, 5) is 11.4. The fraction of sp³-hybridized carbons (Fsp3) is 0.533. The first-order valence-electron chi connectivity index (χ1n) is 6.15. The van der Waals surface area contributed by atoms with Crippen LogP contribution in [0.3, 0.4) is 0 Å². The van der Waals surface area contributed by atoms with Crippen molar-refractivity contribution >= 4 is 5.91 Å². The molecule has 0 bridgehead atoms. The zero-order valence-electron chi connectivity index (χ0n) is 11.3. The summed E-state index contributed by atoms with van der Waals surface area (Å²) in [5, 5.41) is 3.13. The molecule has 0 spiro atoms. The van der Waals surface area contributed by atoms with Gasteiger partial charge < -0.3 is 5.32 Å². The number of rotatable bonds is 1. The number of fused-ring (bicyclic) bond motifs is 1. The van der Waals surface area contributed by atoms with Gasteiger partial charge in [-0.3, -0.25) is 4.79 Å². The molecule has 0 saturated carbocycles. The lowest BCUT2D eigenvalue weighted by atomic mass is 9.76. The molecule has 0 aliphatic heterocycles. The summed E-state index contributed by atoms with van der Waals surface area (Å²) in [5.41, 5.74) is 2.66. The number of hydrogen-bond acceptors (Lipinski definition) is 1. The molecule has 1 N–H and O–H groups in total. The maximum atomic E-state index is 11.4. The number of nitrogens with one attached hydrogen (secondary N) is 1. The largest absolute Gasteiger partial charge is 0.352 e. The molecule has 0 aromatic heterocycles. The van der Waals surface area contributed by atoms with Gasteiger partial charge in [0.05, 0.1) is 0 Å². The van der Waals surface area contributed by atoms with Crippen LogP contribution in [-0.2, 0) is 15.6 Å². The monoisotopic (exact) mass is 231 g/mol. The van der Waals surface area contributed by atoms with E-state index in [1.54, 1.807) is 6.92 Å². The van der Waals surface area contributed by atoms with E-state index in [0.717, 1.165) is 0 Å². The fourth-order valence-corrected chi connectivity index (χ4v) is 3.38. The minimum absolute atomic E-state index is 0.0221. The molecule has 0 heterocycles. The highest BCUT2D eigenvalue weighted by molar-refractivity contribution is 5.74. The van der Waals surface area contributed by atoms with Crippen molar-refractivity contribution in [2.24, 2.45) is 0 Å². The van der Waals surface area contributed by atoms with Crippen LogP contribution in [0.5, 0.6) is 0 Å². The standard InChI is InChI=1S/C15H21NO/c1-10(17)16-13-14(2,3)11-8-6-7-9-12(11)15(13,4)5/h6-9,13H,1-5H3,(H,16,17). The number of carbonyl (C=O) groups is 1. The average Bonchev–Trinajstić information content (AvgIpc) is 2.38. The quantitative estimate of drug-likeness (QED) is 0.791. The summed E-state index contributed by atoms with van der Waals surface area (Å²) in [6.45, 7) is 10.4. The van der Waals surface area contributed by atoms with E-state index in [1.165, 1.54) is 11.1 Å². The summed E-state index contributed by atoms with van der Waals surface area (Å²) in [6.07, 6.45) is 0. The first-order chi connectivity index (χ1) is 7.78. The Balaban J connectivity index is 2.56. The Morgan fingerprint density at radius 3 is 1.82 bits per heavy atom. The maximum Gasteiger partial charge on any atom is 0.217 e. The van der Waals surface area contributed by atoms with Crippen LogP contribution in [0.1, 0.15) is 45.7 Å². The van der Waals surface area contributed by atoms with Gasteiger partial charge in [0, 0.05) is 23.8 Å². The van der Waals surface area contributed by atoms with Gasteiger partial charge in [0.1, 0.15) is 0 Å². The summed E-state index contributed by atoms with van der Waals surface area (Å²) < 4.78 is 0. The predicted molar refractivity (Wildman–Crippen MR) is 70.1 cm³/mol. The second kappa shape index (κ2) is 3.59. The van der Waals surface area contributed by atoms with E-state index in [4.69, 9.17) is 0 Å². The van der Waals surface area contributed by atoms with Gasteiger partial charge in [-0.2, -0.15) is 0 Å². The van der Waals surface area contributed by atoms with Crippen LogP contribution in [0.15, 0.2) is 24.3 Å². The summed E-state index contributed by atoms with van der Waals surface area (Å²) in [5.74, 6) is 0.0453. The van der Waals surface area contributed by atoms with Crippen molar-refractivity contribution in [1.29, 1.82) is 0 Å². The maximum absolute atomic E-state index is 11.4. The molecule has 17 heavy (non-hydrogen) atoms. The van der Waals surface area contributed by atoms with Crippen molar-refractivity contribution in [3.63, 3.8) is 0 Å². The third-order valence-corrected chi connectivity index (χ3v) is 4.11. The van der Waals surface area contributed by atoms with Crippen molar-refractivity contribution < 1.29 is 4.79 Å². The van der Waals surface area contributed by atoms with Crippen LogP contribution >= 0.6 is 0 Å². The zero-order chi connectivity index (χ0) is 12.8. The third kappa shape index (κ3) is 1.67. The normalized spacial score (nSPS) is 21.0. The molecule has 0 radical (unpaired) electrons. The first-order valence-corrected chi connectivity index (χ1v) is 6.15. The Hall–Kier alpha value is -1.31. The lowest BCUT2D eigenvalue weighted by Crippen LogP contribution is -2.51. The molecular formula is C15H21NO. The van der Waals surface area contributed by atoms with Crippen molar-refractivity contribution in [2.45, 2.75) is 51.5 Å². The number of hydrogen-bond donors (Lipinski definition) is 1. The lowest BCUT2D eigenvalue weighted by molar-refractivity contribution is -0.120. The van der Waals surface area contributed by atoms with Crippen molar-refractivity contribution in [1.82, 2.24) is 5.32 Å². The summed E-state index contributed by atoms with van der Waals surface area (Å²) in [7, 11) is 0. The van der Waals surface area contributed by atoms with E-state index < -0.39 is 0 Å². The van der Waals surface area contributed by atoms with Crippen molar-refractivity contribution in [2.75, 3.05) is 0 Å². The molecule has 0 unspecified atom stereocenters. The molecule has 0 fully saturated rings. The molecule has 2 rings (SSSR count). The molecular weight excluding hydrogens is 210 g/mol. The fourth-order valence-electron chi connectivity index (χ4n) is 3.38. The van der Waals surface area contributed by atoms with E-state index in [9.17, 15) is 4.79 Å². The zero-order valence-corrected chi connectivity index (χ0v) is 11.3. The molecule has 92 valence electrons. The highest BCUT2D eigenvalue weighted by atomic mass is 16.1.